The van der Waals surface area contributed by atoms with Gasteiger partial charge in [-0.2, -0.15) is 13.2 Å². The van der Waals surface area contributed by atoms with Crippen molar-refractivity contribution in [2.75, 3.05) is 0 Å². The van der Waals surface area contributed by atoms with Crippen molar-refractivity contribution in [1.29, 1.82) is 0 Å². The number of alkyl halides is 3. The van der Waals surface area contributed by atoms with Gasteiger partial charge < -0.3 is 5.32 Å². The highest BCUT2D eigenvalue weighted by molar-refractivity contribution is 5.28. The van der Waals surface area contributed by atoms with Crippen LogP contribution in [-0.2, 0) is 6.18 Å². The largest absolute Gasteiger partial charge is 0.416 e. The number of piperidine rings is 1. The van der Waals surface area contributed by atoms with E-state index in [1.807, 2.05) is 0 Å². The molecule has 0 aliphatic carbocycles. The van der Waals surface area contributed by atoms with Crippen molar-refractivity contribution in [3.63, 3.8) is 0 Å². The number of hydrogen-bond donors (Lipinski definition) is 1. The smallest absolute Gasteiger partial charge is 0.305 e. The molecule has 0 spiro atoms. The van der Waals surface area contributed by atoms with E-state index in [1.165, 1.54) is 12.1 Å². The Morgan fingerprint density at radius 1 is 1.28 bits per heavy atom. The van der Waals surface area contributed by atoms with Crippen molar-refractivity contribution < 1.29 is 13.2 Å². The summed E-state index contributed by atoms with van der Waals surface area (Å²) in [4.78, 5) is 0. The number of halogens is 3. The Morgan fingerprint density at radius 2 is 2.00 bits per heavy atom. The second-order valence-electron chi connectivity index (χ2n) is 5.60. The van der Waals surface area contributed by atoms with Crippen molar-refractivity contribution in [2.45, 2.75) is 50.9 Å². The molecule has 0 saturated carbocycles. The van der Waals surface area contributed by atoms with E-state index in [2.05, 4.69) is 19.2 Å². The maximum absolute atomic E-state index is 12.7. The van der Waals surface area contributed by atoms with Crippen LogP contribution in [0.4, 0.5) is 13.2 Å². The minimum absolute atomic E-state index is 0.00282. The lowest BCUT2D eigenvalue weighted by atomic mass is 9.86. The Bertz CT molecular complexity index is 423. The SMILES string of the molecule is CC1(C)CCCC(c2cccc(C(F)(F)F)c2)N1. The van der Waals surface area contributed by atoms with Gasteiger partial charge in [0.05, 0.1) is 5.56 Å². The zero-order valence-electron chi connectivity index (χ0n) is 10.6. The van der Waals surface area contributed by atoms with Gasteiger partial charge in [-0.05, 0) is 50.8 Å². The van der Waals surface area contributed by atoms with Crippen LogP contribution in [0.15, 0.2) is 24.3 Å². The Balaban J connectivity index is 2.23. The van der Waals surface area contributed by atoms with Crippen molar-refractivity contribution in [1.82, 2.24) is 5.32 Å². The number of hydrogen-bond acceptors (Lipinski definition) is 1. The third-order valence-corrected chi connectivity index (χ3v) is 3.48. The van der Waals surface area contributed by atoms with Crippen molar-refractivity contribution in [2.24, 2.45) is 0 Å². The monoisotopic (exact) mass is 257 g/mol. The van der Waals surface area contributed by atoms with Gasteiger partial charge in [0.15, 0.2) is 0 Å². The van der Waals surface area contributed by atoms with E-state index >= 15 is 0 Å². The third-order valence-electron chi connectivity index (χ3n) is 3.48. The van der Waals surface area contributed by atoms with E-state index in [-0.39, 0.29) is 11.6 Å². The molecule has 1 aliphatic heterocycles. The molecule has 0 amide bonds. The fraction of sp³-hybridized carbons (Fsp3) is 0.571. The molecular formula is C14H18F3N. The van der Waals surface area contributed by atoms with Gasteiger partial charge in [0, 0.05) is 11.6 Å². The Morgan fingerprint density at radius 3 is 2.61 bits per heavy atom. The van der Waals surface area contributed by atoms with Crippen molar-refractivity contribution >= 4 is 0 Å². The van der Waals surface area contributed by atoms with Crippen LogP contribution in [0.2, 0.25) is 0 Å². The molecule has 1 heterocycles. The average Bonchev–Trinajstić information content (AvgIpc) is 2.27. The molecular weight excluding hydrogens is 239 g/mol. The van der Waals surface area contributed by atoms with E-state index in [1.54, 1.807) is 6.07 Å². The van der Waals surface area contributed by atoms with Crippen LogP contribution in [0.25, 0.3) is 0 Å². The van der Waals surface area contributed by atoms with E-state index in [9.17, 15) is 13.2 Å². The predicted octanol–water partition coefficient (Wildman–Crippen LogP) is 4.30. The molecule has 1 atom stereocenters. The quantitative estimate of drug-likeness (QED) is 0.791. The normalized spacial score (nSPS) is 23.9. The van der Waals surface area contributed by atoms with Crippen molar-refractivity contribution in [3.05, 3.63) is 35.4 Å². The first-order valence-electron chi connectivity index (χ1n) is 6.23. The van der Waals surface area contributed by atoms with Gasteiger partial charge in [-0.1, -0.05) is 12.1 Å². The lowest BCUT2D eigenvalue weighted by molar-refractivity contribution is -0.137. The number of benzene rings is 1. The van der Waals surface area contributed by atoms with Gasteiger partial charge in [0.25, 0.3) is 0 Å². The lowest BCUT2D eigenvalue weighted by Crippen LogP contribution is -2.45. The summed E-state index contributed by atoms with van der Waals surface area (Å²) in [5.41, 5.74) is 0.166. The van der Waals surface area contributed by atoms with Crippen LogP contribution in [-0.4, -0.2) is 5.54 Å². The molecule has 1 aromatic rings. The van der Waals surface area contributed by atoms with Crippen LogP contribution < -0.4 is 5.32 Å². The zero-order valence-corrected chi connectivity index (χ0v) is 10.6. The summed E-state index contributed by atoms with van der Waals surface area (Å²) in [6, 6.07) is 5.67. The molecule has 1 fully saturated rings. The van der Waals surface area contributed by atoms with Gasteiger partial charge in [0.2, 0.25) is 0 Å². The molecule has 1 N–H and O–H groups in total. The number of rotatable bonds is 1. The van der Waals surface area contributed by atoms with Gasteiger partial charge >= 0.3 is 6.18 Å². The maximum atomic E-state index is 12.7. The molecule has 1 unspecified atom stereocenters. The zero-order chi connectivity index (χ0) is 13.4. The van der Waals surface area contributed by atoms with Crippen LogP contribution in [0, 0.1) is 0 Å². The first-order valence-corrected chi connectivity index (χ1v) is 6.23. The molecule has 0 aromatic heterocycles. The fourth-order valence-electron chi connectivity index (χ4n) is 2.55. The van der Waals surface area contributed by atoms with Gasteiger partial charge in [-0.25, -0.2) is 0 Å². The summed E-state index contributed by atoms with van der Waals surface area (Å²) in [7, 11) is 0. The molecule has 18 heavy (non-hydrogen) atoms. The van der Waals surface area contributed by atoms with E-state index < -0.39 is 11.7 Å². The van der Waals surface area contributed by atoms with Gasteiger partial charge in [0.1, 0.15) is 0 Å². The summed E-state index contributed by atoms with van der Waals surface area (Å²) in [5.74, 6) is 0. The lowest BCUT2D eigenvalue weighted by Gasteiger charge is -2.37. The topological polar surface area (TPSA) is 12.0 Å². The van der Waals surface area contributed by atoms with Crippen LogP contribution in [0.1, 0.15) is 50.3 Å². The predicted molar refractivity (Wildman–Crippen MR) is 65.3 cm³/mol. The Hall–Kier alpha value is -1.03. The number of nitrogens with one attached hydrogen (secondary N) is 1. The summed E-state index contributed by atoms with van der Waals surface area (Å²) in [6.07, 6.45) is -1.27. The summed E-state index contributed by atoms with van der Waals surface area (Å²) in [5, 5.41) is 3.42. The first kappa shape index (κ1) is 13.4. The molecule has 0 radical (unpaired) electrons. The fourth-order valence-corrected chi connectivity index (χ4v) is 2.55. The summed E-state index contributed by atoms with van der Waals surface area (Å²) in [6.45, 7) is 4.18. The summed E-state index contributed by atoms with van der Waals surface area (Å²) < 4.78 is 38.0. The van der Waals surface area contributed by atoms with Crippen molar-refractivity contribution in [3.8, 4) is 0 Å². The van der Waals surface area contributed by atoms with Gasteiger partial charge in [-0.3, -0.25) is 0 Å². The second kappa shape index (κ2) is 4.57. The van der Waals surface area contributed by atoms with Gasteiger partial charge in [-0.15, -0.1) is 0 Å². The molecule has 100 valence electrons. The average molecular weight is 257 g/mol. The molecule has 2 rings (SSSR count). The standard InChI is InChI=1S/C14H18F3N/c1-13(2)8-4-7-12(18-13)10-5-3-6-11(9-10)14(15,16)17/h3,5-6,9,12,18H,4,7-8H2,1-2H3. The molecule has 1 nitrogen and oxygen atoms in total. The molecule has 0 bridgehead atoms. The minimum atomic E-state index is -4.26. The first-order chi connectivity index (χ1) is 8.28. The molecule has 1 saturated heterocycles. The maximum Gasteiger partial charge on any atom is 0.416 e. The van der Waals surface area contributed by atoms with Crippen LogP contribution >= 0.6 is 0 Å². The minimum Gasteiger partial charge on any atom is -0.305 e. The van der Waals surface area contributed by atoms with E-state index in [0.29, 0.717) is 0 Å². The molecule has 4 heteroatoms. The highest BCUT2D eigenvalue weighted by Gasteiger charge is 2.32. The molecule has 1 aliphatic rings. The van der Waals surface area contributed by atoms with E-state index in [4.69, 9.17) is 0 Å². The summed E-state index contributed by atoms with van der Waals surface area (Å²) >= 11 is 0. The molecule has 1 aromatic carbocycles. The third kappa shape index (κ3) is 3.05. The highest BCUT2D eigenvalue weighted by Crippen LogP contribution is 2.34. The van der Waals surface area contributed by atoms with Crippen LogP contribution in [0.3, 0.4) is 0 Å². The highest BCUT2D eigenvalue weighted by atomic mass is 19.4. The van der Waals surface area contributed by atoms with Crippen LogP contribution in [0.5, 0.6) is 0 Å². The van der Waals surface area contributed by atoms with E-state index in [0.717, 1.165) is 30.9 Å². The second-order valence-corrected chi connectivity index (χ2v) is 5.60. The Kier molecular flexibility index (Phi) is 3.41. The Labute approximate surface area is 105 Å².